The van der Waals surface area contributed by atoms with Gasteiger partial charge in [-0.1, -0.05) is 11.8 Å². The van der Waals surface area contributed by atoms with E-state index in [1.165, 1.54) is 21.5 Å². The first-order valence-corrected chi connectivity index (χ1v) is 8.47. The zero-order valence-corrected chi connectivity index (χ0v) is 14.2. The van der Waals surface area contributed by atoms with Gasteiger partial charge in [-0.3, -0.25) is 10.2 Å². The lowest BCUT2D eigenvalue weighted by Crippen LogP contribution is -2.25. The Morgan fingerprint density at radius 3 is 2.80 bits per heavy atom. The number of carbonyl (C=O) groups excluding carboxylic acids is 1. The number of thiophene rings is 1. The van der Waals surface area contributed by atoms with Gasteiger partial charge in [-0.25, -0.2) is 10.8 Å². The molecular formula is C12H16ClN3OS3. The molecule has 2 heterocycles. The minimum Gasteiger partial charge on any atom is -0.285 e. The quantitative estimate of drug-likeness (QED) is 0.492. The molecular weight excluding hydrogens is 334 g/mol. The van der Waals surface area contributed by atoms with Crippen molar-refractivity contribution >= 4 is 52.1 Å². The van der Waals surface area contributed by atoms with Crippen molar-refractivity contribution in [2.24, 2.45) is 5.84 Å². The number of aromatic nitrogens is 1. The molecule has 2 aromatic rings. The monoisotopic (exact) mass is 349 g/mol. The van der Waals surface area contributed by atoms with Crippen LogP contribution < -0.4 is 11.3 Å². The molecule has 0 aliphatic carbocycles. The summed E-state index contributed by atoms with van der Waals surface area (Å²) in [6.07, 6.45) is 1.97. The molecule has 3 N–H and O–H groups in total. The number of rotatable bonds is 5. The van der Waals surface area contributed by atoms with Gasteiger partial charge in [0.15, 0.2) is 0 Å². The van der Waals surface area contributed by atoms with E-state index in [0.717, 1.165) is 23.5 Å². The summed E-state index contributed by atoms with van der Waals surface area (Å²) in [5.74, 6) is 5.70. The van der Waals surface area contributed by atoms with E-state index in [-0.39, 0.29) is 17.6 Å². The van der Waals surface area contributed by atoms with Crippen molar-refractivity contribution in [2.75, 3.05) is 0 Å². The molecule has 0 aromatic carbocycles. The summed E-state index contributed by atoms with van der Waals surface area (Å²) in [7, 11) is 0. The molecule has 4 nitrogen and oxygen atoms in total. The SMILES string of the molecule is Cc1nc(CCc2ccc(CSC(=O)NN)s2)cs1.Cl. The Morgan fingerprint density at radius 2 is 2.15 bits per heavy atom. The van der Waals surface area contributed by atoms with Crippen molar-refractivity contribution in [3.8, 4) is 0 Å². The van der Waals surface area contributed by atoms with Gasteiger partial charge in [0.1, 0.15) is 0 Å². The molecule has 1 amide bonds. The Kier molecular flexibility index (Phi) is 7.53. The predicted octanol–water partition coefficient (Wildman–Crippen LogP) is 3.54. The van der Waals surface area contributed by atoms with Crippen LogP contribution in [0.1, 0.15) is 20.5 Å². The molecule has 20 heavy (non-hydrogen) atoms. The third-order valence-corrected chi connectivity index (χ3v) is 5.46. The molecule has 0 aliphatic rings. The number of hydrogen-bond donors (Lipinski definition) is 2. The minimum absolute atomic E-state index is 0. The molecule has 0 atom stereocenters. The lowest BCUT2D eigenvalue weighted by molar-refractivity contribution is 0.261. The van der Waals surface area contributed by atoms with Crippen molar-refractivity contribution < 1.29 is 4.79 Å². The number of hydrazine groups is 1. The average Bonchev–Trinajstić information content (AvgIpc) is 3.02. The molecule has 0 saturated heterocycles. The first-order valence-electron chi connectivity index (χ1n) is 5.79. The van der Waals surface area contributed by atoms with Crippen LogP contribution in [-0.2, 0) is 18.6 Å². The van der Waals surface area contributed by atoms with Crippen LogP contribution in [0.4, 0.5) is 4.79 Å². The number of nitrogens with zero attached hydrogens (tertiary/aromatic N) is 1. The van der Waals surface area contributed by atoms with E-state index in [1.54, 1.807) is 22.7 Å². The van der Waals surface area contributed by atoms with Crippen molar-refractivity contribution in [2.45, 2.75) is 25.5 Å². The van der Waals surface area contributed by atoms with Gasteiger partial charge >= 0.3 is 0 Å². The molecule has 110 valence electrons. The van der Waals surface area contributed by atoms with Crippen molar-refractivity contribution in [1.29, 1.82) is 0 Å². The number of nitrogens with two attached hydrogens (primary N) is 1. The Balaban J connectivity index is 0.00000200. The van der Waals surface area contributed by atoms with Crippen LogP contribution in [-0.4, -0.2) is 10.2 Å². The second kappa shape index (κ2) is 8.63. The second-order valence-corrected chi connectivity index (χ2v) is 7.21. The van der Waals surface area contributed by atoms with Crippen LogP contribution in [0.25, 0.3) is 0 Å². The summed E-state index contributed by atoms with van der Waals surface area (Å²) in [6.45, 7) is 2.02. The molecule has 0 radical (unpaired) electrons. The summed E-state index contributed by atoms with van der Waals surface area (Å²) in [6, 6.07) is 4.20. The molecule has 8 heteroatoms. The highest BCUT2D eigenvalue weighted by atomic mass is 35.5. The average molecular weight is 350 g/mol. The molecule has 0 unspecified atom stereocenters. The standard InChI is InChI=1S/C12H15N3OS3.ClH/c1-8-14-9(6-17-8)2-3-10-4-5-11(19-10)7-18-12(16)15-13;/h4-6H,2-3,7,13H2,1H3,(H,15,16);1H. The molecule has 0 spiro atoms. The van der Waals surface area contributed by atoms with E-state index in [0.29, 0.717) is 5.75 Å². The summed E-state index contributed by atoms with van der Waals surface area (Å²) >= 11 is 4.62. The fraction of sp³-hybridized carbons (Fsp3) is 0.333. The molecule has 2 aromatic heterocycles. The maximum absolute atomic E-state index is 11.0. The number of amides is 1. The summed E-state index contributed by atoms with van der Waals surface area (Å²) in [4.78, 5) is 18.0. The molecule has 0 aliphatic heterocycles. The van der Waals surface area contributed by atoms with E-state index < -0.39 is 0 Å². The molecule has 2 rings (SSSR count). The summed E-state index contributed by atoms with van der Waals surface area (Å²) in [5.41, 5.74) is 3.27. The molecule has 0 fully saturated rings. The van der Waals surface area contributed by atoms with E-state index in [2.05, 4.69) is 27.9 Å². The van der Waals surface area contributed by atoms with Crippen molar-refractivity contribution in [3.63, 3.8) is 0 Å². The number of carbonyl (C=O) groups is 1. The van der Waals surface area contributed by atoms with Gasteiger partial charge < -0.3 is 0 Å². The summed E-state index contributed by atoms with van der Waals surface area (Å²) < 4.78 is 0. The third kappa shape index (κ3) is 5.41. The molecule has 0 saturated carbocycles. The highest BCUT2D eigenvalue weighted by Gasteiger charge is 2.05. The topological polar surface area (TPSA) is 68.0 Å². The van der Waals surface area contributed by atoms with Crippen LogP contribution in [0.2, 0.25) is 0 Å². The maximum Gasteiger partial charge on any atom is 0.293 e. The predicted molar refractivity (Wildman–Crippen MR) is 89.8 cm³/mol. The van der Waals surface area contributed by atoms with Gasteiger partial charge in [0, 0.05) is 20.9 Å². The van der Waals surface area contributed by atoms with Crippen LogP contribution in [0.5, 0.6) is 0 Å². The highest BCUT2D eigenvalue weighted by molar-refractivity contribution is 8.12. The van der Waals surface area contributed by atoms with Gasteiger partial charge in [0.05, 0.1) is 10.7 Å². The third-order valence-electron chi connectivity index (χ3n) is 2.47. The van der Waals surface area contributed by atoms with Crippen molar-refractivity contribution in [3.05, 3.63) is 38.0 Å². The number of thiazole rings is 1. The van der Waals surface area contributed by atoms with E-state index in [1.807, 2.05) is 6.92 Å². The number of thioether (sulfide) groups is 1. The Morgan fingerprint density at radius 1 is 1.40 bits per heavy atom. The molecule has 0 bridgehead atoms. The van der Waals surface area contributed by atoms with Crippen molar-refractivity contribution in [1.82, 2.24) is 10.4 Å². The zero-order valence-electron chi connectivity index (χ0n) is 10.9. The Bertz CT molecular complexity index is 556. The minimum atomic E-state index is -0.201. The van der Waals surface area contributed by atoms with Gasteiger partial charge in [0.25, 0.3) is 5.24 Å². The fourth-order valence-electron chi connectivity index (χ4n) is 1.59. The van der Waals surface area contributed by atoms with Gasteiger partial charge in [-0.15, -0.1) is 35.1 Å². The fourth-order valence-corrected chi connectivity index (χ4v) is 3.91. The smallest absolute Gasteiger partial charge is 0.285 e. The maximum atomic E-state index is 11.0. The largest absolute Gasteiger partial charge is 0.293 e. The first-order chi connectivity index (χ1) is 9.17. The van der Waals surface area contributed by atoms with E-state index >= 15 is 0 Å². The van der Waals surface area contributed by atoms with Gasteiger partial charge in [0.2, 0.25) is 0 Å². The number of nitrogens with one attached hydrogen (secondary N) is 1. The number of aryl methyl sites for hydroxylation is 3. The summed E-state index contributed by atoms with van der Waals surface area (Å²) in [5, 5.41) is 3.03. The highest BCUT2D eigenvalue weighted by Crippen LogP contribution is 2.23. The second-order valence-electron chi connectivity index (χ2n) is 3.95. The van der Waals surface area contributed by atoms with Crippen LogP contribution >= 0.6 is 46.8 Å². The van der Waals surface area contributed by atoms with Crippen LogP contribution in [0.15, 0.2) is 17.5 Å². The van der Waals surface area contributed by atoms with Crippen LogP contribution in [0, 0.1) is 6.92 Å². The zero-order chi connectivity index (χ0) is 13.7. The van der Waals surface area contributed by atoms with Gasteiger partial charge in [-0.2, -0.15) is 0 Å². The Labute approximate surface area is 136 Å². The normalized spacial score (nSPS) is 10.1. The van der Waals surface area contributed by atoms with E-state index in [4.69, 9.17) is 5.84 Å². The lowest BCUT2D eigenvalue weighted by Gasteiger charge is -1.97. The Hall–Kier alpha value is -0.600. The first kappa shape index (κ1) is 17.5. The van der Waals surface area contributed by atoms with Gasteiger partial charge in [-0.05, 0) is 31.9 Å². The van der Waals surface area contributed by atoms with Crippen LogP contribution in [0.3, 0.4) is 0 Å². The number of hydrogen-bond acceptors (Lipinski definition) is 6. The van der Waals surface area contributed by atoms with E-state index in [9.17, 15) is 4.79 Å². The lowest BCUT2D eigenvalue weighted by atomic mass is 10.2. The number of halogens is 1.